The Morgan fingerprint density at radius 1 is 0.861 bits per heavy atom. The van der Waals surface area contributed by atoms with Crippen molar-refractivity contribution in [3.05, 3.63) is 109 Å². The molecule has 0 bridgehead atoms. The highest BCUT2D eigenvalue weighted by Crippen LogP contribution is 2.36. The molecular formula is C29H33NO5Si. The minimum Gasteiger partial charge on any atom is -0.444 e. The number of imide groups is 1. The van der Waals surface area contributed by atoms with E-state index in [0.717, 1.165) is 15.9 Å². The van der Waals surface area contributed by atoms with Crippen LogP contribution in [0, 0.1) is 0 Å². The third-order valence-electron chi connectivity index (χ3n) is 5.82. The van der Waals surface area contributed by atoms with Crippen molar-refractivity contribution in [3.63, 3.8) is 0 Å². The van der Waals surface area contributed by atoms with Crippen molar-refractivity contribution in [1.82, 2.24) is 5.32 Å². The van der Waals surface area contributed by atoms with Crippen LogP contribution < -0.4 is 15.7 Å². The monoisotopic (exact) mass is 503 g/mol. The number of alkyl carbamates (subject to hydrolysis) is 2. The fourth-order valence-electron chi connectivity index (χ4n) is 4.13. The summed E-state index contributed by atoms with van der Waals surface area (Å²) in [5.41, 5.74) is 0.809. The summed E-state index contributed by atoms with van der Waals surface area (Å²) in [5.74, 6) is 0. The van der Waals surface area contributed by atoms with Crippen molar-refractivity contribution in [2.24, 2.45) is 0 Å². The molecule has 0 aliphatic heterocycles. The van der Waals surface area contributed by atoms with Gasteiger partial charge in [-0.05, 0) is 27.1 Å². The van der Waals surface area contributed by atoms with Crippen molar-refractivity contribution >= 4 is 30.9 Å². The number of amides is 2. The number of hydrogen-bond acceptors (Lipinski definition) is 5. The maximum atomic E-state index is 12.4. The normalized spacial score (nSPS) is 12.3. The molecule has 1 N–H and O–H groups in total. The average Bonchev–Trinajstić information content (AvgIpc) is 2.88. The average molecular weight is 504 g/mol. The quantitative estimate of drug-likeness (QED) is 0.322. The van der Waals surface area contributed by atoms with Crippen molar-refractivity contribution in [3.8, 4) is 0 Å². The summed E-state index contributed by atoms with van der Waals surface area (Å²) in [7, 11) is -2.81. The van der Waals surface area contributed by atoms with Crippen LogP contribution in [0.5, 0.6) is 0 Å². The zero-order valence-electron chi connectivity index (χ0n) is 21.0. The second-order valence-corrected chi connectivity index (χ2v) is 13.6. The van der Waals surface area contributed by atoms with Gasteiger partial charge < -0.3 is 13.9 Å². The van der Waals surface area contributed by atoms with E-state index in [9.17, 15) is 9.59 Å². The molecular weight excluding hydrogens is 470 g/mol. The van der Waals surface area contributed by atoms with Gasteiger partial charge in [-0.3, -0.25) is 0 Å². The van der Waals surface area contributed by atoms with Crippen LogP contribution in [0.2, 0.25) is 5.04 Å². The molecule has 36 heavy (non-hydrogen) atoms. The summed E-state index contributed by atoms with van der Waals surface area (Å²) in [6.07, 6.45) is -1.09. The number of nitrogens with one attached hydrogen (secondary N) is 1. The molecule has 0 aliphatic rings. The molecule has 0 aliphatic carbocycles. The Morgan fingerprint density at radius 3 is 1.83 bits per heavy atom. The third kappa shape index (κ3) is 6.71. The van der Waals surface area contributed by atoms with Crippen molar-refractivity contribution in [1.29, 1.82) is 0 Å². The smallest absolute Gasteiger partial charge is 0.417 e. The first-order valence-corrected chi connectivity index (χ1v) is 13.7. The molecule has 0 heterocycles. The van der Waals surface area contributed by atoms with Crippen LogP contribution in [0.1, 0.15) is 26.3 Å². The lowest BCUT2D eigenvalue weighted by Crippen LogP contribution is -2.67. The molecule has 3 aromatic rings. The Morgan fingerprint density at radius 2 is 1.36 bits per heavy atom. The molecule has 0 saturated heterocycles. The van der Waals surface area contributed by atoms with Crippen molar-refractivity contribution in [2.75, 3.05) is 6.61 Å². The van der Waals surface area contributed by atoms with Gasteiger partial charge in [0.2, 0.25) is 0 Å². The Kier molecular flexibility index (Phi) is 9.22. The zero-order valence-corrected chi connectivity index (χ0v) is 22.0. The molecule has 1 atom stereocenters. The number of rotatable bonds is 9. The lowest BCUT2D eigenvalue weighted by Gasteiger charge is -2.43. The van der Waals surface area contributed by atoms with Gasteiger partial charge in [0.1, 0.15) is 12.7 Å². The number of hydrogen-bond donors (Lipinski definition) is 1. The van der Waals surface area contributed by atoms with E-state index in [0.29, 0.717) is 0 Å². The van der Waals surface area contributed by atoms with Crippen LogP contribution in [0.4, 0.5) is 9.59 Å². The number of ether oxygens (including phenoxy) is 2. The van der Waals surface area contributed by atoms with E-state index >= 15 is 0 Å². The van der Waals surface area contributed by atoms with E-state index in [-0.39, 0.29) is 18.3 Å². The maximum Gasteiger partial charge on any atom is 0.417 e. The molecule has 0 saturated carbocycles. The van der Waals surface area contributed by atoms with Gasteiger partial charge in [-0.1, -0.05) is 118 Å². The van der Waals surface area contributed by atoms with Crippen molar-refractivity contribution < 1.29 is 23.5 Å². The van der Waals surface area contributed by atoms with Gasteiger partial charge in [-0.15, -0.1) is 0 Å². The molecule has 7 heteroatoms. The van der Waals surface area contributed by atoms with Gasteiger partial charge in [-0.2, -0.15) is 0 Å². The molecule has 6 nitrogen and oxygen atoms in total. The summed E-state index contributed by atoms with van der Waals surface area (Å²) in [6, 6.07) is 29.5. The van der Waals surface area contributed by atoms with Crippen LogP contribution in [0.25, 0.3) is 0 Å². The first-order chi connectivity index (χ1) is 17.3. The molecule has 0 radical (unpaired) electrons. The SMILES string of the molecule is C=C[C@H](CO[Si](c1ccccc1)(c1ccccc1)C(C)(C)C)OC(=O)NC(=O)OCc1ccccc1. The zero-order chi connectivity index (χ0) is 26.0. The summed E-state index contributed by atoms with van der Waals surface area (Å²) in [6.45, 7) is 10.4. The predicted molar refractivity (Wildman–Crippen MR) is 144 cm³/mol. The highest BCUT2D eigenvalue weighted by molar-refractivity contribution is 6.99. The Labute approximate surface area is 214 Å². The van der Waals surface area contributed by atoms with Crippen LogP contribution in [0.15, 0.2) is 104 Å². The summed E-state index contributed by atoms with van der Waals surface area (Å²) < 4.78 is 17.3. The summed E-state index contributed by atoms with van der Waals surface area (Å²) in [4.78, 5) is 24.4. The van der Waals surface area contributed by atoms with E-state index in [4.69, 9.17) is 13.9 Å². The first kappa shape index (κ1) is 26.9. The fourth-order valence-corrected chi connectivity index (χ4v) is 8.70. The lowest BCUT2D eigenvalue weighted by molar-refractivity contribution is 0.0821. The minimum atomic E-state index is -2.81. The van der Waals surface area contributed by atoms with Crippen LogP contribution >= 0.6 is 0 Å². The Hall–Kier alpha value is -3.68. The molecule has 3 aromatic carbocycles. The molecule has 2 amide bonds. The van der Waals surface area contributed by atoms with Crippen molar-refractivity contribution in [2.45, 2.75) is 38.5 Å². The lowest BCUT2D eigenvalue weighted by atomic mass is 10.2. The molecule has 0 fully saturated rings. The first-order valence-electron chi connectivity index (χ1n) is 11.8. The van der Waals surface area contributed by atoms with Gasteiger partial charge in [0.25, 0.3) is 8.32 Å². The minimum absolute atomic E-state index is 0.0435. The number of carbonyl (C=O) groups excluding carboxylic acids is 2. The van der Waals surface area contributed by atoms with Gasteiger partial charge in [0.05, 0.1) is 6.61 Å². The maximum absolute atomic E-state index is 12.4. The van der Waals surface area contributed by atoms with Gasteiger partial charge in [-0.25, -0.2) is 14.9 Å². The topological polar surface area (TPSA) is 73.9 Å². The second-order valence-electron chi connectivity index (χ2n) is 9.34. The molecule has 0 spiro atoms. The largest absolute Gasteiger partial charge is 0.444 e. The van der Waals surface area contributed by atoms with Gasteiger partial charge in [0.15, 0.2) is 0 Å². The second kappa shape index (κ2) is 12.3. The molecule has 188 valence electrons. The molecule has 0 unspecified atom stereocenters. The number of benzene rings is 3. The predicted octanol–water partition coefficient (Wildman–Crippen LogP) is 5.18. The molecule has 3 rings (SSSR count). The Bertz CT molecular complexity index is 1090. The van der Waals surface area contributed by atoms with E-state index < -0.39 is 26.6 Å². The van der Waals surface area contributed by atoms with Gasteiger partial charge in [0, 0.05) is 0 Å². The van der Waals surface area contributed by atoms with E-state index in [2.05, 4.69) is 56.9 Å². The van der Waals surface area contributed by atoms with E-state index in [1.165, 1.54) is 6.08 Å². The highest BCUT2D eigenvalue weighted by atomic mass is 28.4. The van der Waals surface area contributed by atoms with Crippen LogP contribution in [-0.4, -0.2) is 33.2 Å². The molecule has 0 aromatic heterocycles. The van der Waals surface area contributed by atoms with E-state index in [1.54, 1.807) is 0 Å². The standard InChI is InChI=1S/C29H33NO5Si/c1-5-24(35-28(32)30-27(31)33-21-23-15-9-6-10-16-23)22-34-36(29(2,3)4,25-17-11-7-12-18-25)26-19-13-8-14-20-26/h5-20,24H,1,21-22H2,2-4H3,(H,30,31,32)/t24-/m1/s1. The summed E-state index contributed by atoms with van der Waals surface area (Å²) in [5, 5.41) is 4.08. The third-order valence-corrected chi connectivity index (χ3v) is 10.8. The fraction of sp³-hybridized carbons (Fsp3) is 0.241. The van der Waals surface area contributed by atoms with Gasteiger partial charge >= 0.3 is 12.2 Å². The summed E-state index contributed by atoms with van der Waals surface area (Å²) >= 11 is 0. The van der Waals surface area contributed by atoms with E-state index in [1.807, 2.05) is 66.7 Å². The Balaban J connectivity index is 1.71. The highest BCUT2D eigenvalue weighted by Gasteiger charge is 2.50. The van der Waals surface area contributed by atoms with Crippen LogP contribution in [0.3, 0.4) is 0 Å². The van der Waals surface area contributed by atoms with Crippen LogP contribution in [-0.2, 0) is 20.5 Å². The number of carbonyl (C=O) groups is 2.